The zero-order chi connectivity index (χ0) is 20.3. The van der Waals surface area contributed by atoms with E-state index in [-0.39, 0.29) is 11.8 Å². The van der Waals surface area contributed by atoms with Gasteiger partial charge in [0, 0.05) is 54.2 Å². The van der Waals surface area contributed by atoms with E-state index in [1.807, 2.05) is 30.0 Å². The van der Waals surface area contributed by atoms with Crippen LogP contribution in [0.15, 0.2) is 36.4 Å². The van der Waals surface area contributed by atoms with E-state index >= 15 is 0 Å². The summed E-state index contributed by atoms with van der Waals surface area (Å²) in [7, 11) is 3.79. The van der Waals surface area contributed by atoms with Crippen LogP contribution in [0.3, 0.4) is 0 Å². The Labute approximate surface area is 175 Å². The molecule has 0 aliphatic carbocycles. The maximum Gasteiger partial charge on any atom is 0.256 e. The molecule has 0 atom stereocenters. The number of hydrogen-bond acceptors (Lipinski definition) is 3. The predicted molar refractivity (Wildman–Crippen MR) is 115 cm³/mol. The van der Waals surface area contributed by atoms with Crippen LogP contribution in [0.2, 0.25) is 10.0 Å². The van der Waals surface area contributed by atoms with Crippen molar-refractivity contribution in [2.75, 3.05) is 37.4 Å². The van der Waals surface area contributed by atoms with Crippen LogP contribution in [0.5, 0.6) is 0 Å². The molecule has 0 radical (unpaired) electrons. The van der Waals surface area contributed by atoms with Crippen LogP contribution in [0, 0.1) is 0 Å². The number of nitrogens with zero attached hydrogens (tertiary/aromatic N) is 2. The topological polar surface area (TPSA) is 52.7 Å². The minimum atomic E-state index is -0.335. The van der Waals surface area contributed by atoms with Crippen molar-refractivity contribution in [1.29, 1.82) is 0 Å². The molecule has 3 rings (SSSR count). The number of rotatable bonds is 4. The summed E-state index contributed by atoms with van der Waals surface area (Å²) in [4.78, 5) is 29.4. The van der Waals surface area contributed by atoms with Crippen molar-refractivity contribution < 1.29 is 9.59 Å². The molecular formula is C21H23Cl2N3O2. The summed E-state index contributed by atoms with van der Waals surface area (Å²) < 4.78 is 0. The number of carbonyl (C=O) groups is 2. The lowest BCUT2D eigenvalue weighted by Crippen LogP contribution is -2.36. The molecule has 1 aliphatic rings. The highest BCUT2D eigenvalue weighted by Crippen LogP contribution is 2.26. The van der Waals surface area contributed by atoms with E-state index in [9.17, 15) is 9.59 Å². The van der Waals surface area contributed by atoms with Gasteiger partial charge in [0.05, 0.1) is 5.56 Å². The zero-order valence-electron chi connectivity index (χ0n) is 16.0. The maximum atomic E-state index is 13.1. The standard InChI is InChI=1S/C21H23Cl2N3O2/c1-25(2)19-7-6-17(13-18(19)21(28)26-8-4-3-5-9-26)24-20(27)14-10-15(22)12-16(23)11-14/h6-7,10-13H,3-5,8-9H2,1-2H3,(H,24,27). The van der Waals surface area contributed by atoms with Crippen molar-refractivity contribution in [2.24, 2.45) is 0 Å². The second-order valence-corrected chi connectivity index (χ2v) is 7.96. The fraction of sp³-hybridized carbons (Fsp3) is 0.333. The third-order valence-electron chi connectivity index (χ3n) is 4.73. The first-order valence-corrected chi connectivity index (χ1v) is 9.99. The second kappa shape index (κ2) is 8.84. The molecule has 0 bridgehead atoms. The van der Waals surface area contributed by atoms with Gasteiger partial charge in [-0.05, 0) is 55.7 Å². The van der Waals surface area contributed by atoms with E-state index in [1.54, 1.807) is 30.3 Å². The number of anilines is 2. The molecule has 1 aliphatic heterocycles. The third kappa shape index (κ3) is 4.78. The van der Waals surface area contributed by atoms with Gasteiger partial charge >= 0.3 is 0 Å². The maximum absolute atomic E-state index is 13.1. The molecule has 0 aromatic heterocycles. The minimum Gasteiger partial charge on any atom is -0.377 e. The third-order valence-corrected chi connectivity index (χ3v) is 5.17. The Bertz CT molecular complexity index is 873. The van der Waals surface area contributed by atoms with E-state index in [2.05, 4.69) is 5.32 Å². The van der Waals surface area contributed by atoms with Crippen LogP contribution in [-0.2, 0) is 0 Å². The fourth-order valence-corrected chi connectivity index (χ4v) is 3.86. The first-order chi connectivity index (χ1) is 13.3. The normalized spacial score (nSPS) is 13.9. The molecule has 28 heavy (non-hydrogen) atoms. The fourth-order valence-electron chi connectivity index (χ4n) is 3.33. The lowest BCUT2D eigenvalue weighted by Gasteiger charge is -2.28. The summed E-state index contributed by atoms with van der Waals surface area (Å²) in [6, 6.07) is 10.0. The average molecular weight is 420 g/mol. The Morgan fingerprint density at radius 3 is 2.21 bits per heavy atom. The van der Waals surface area contributed by atoms with Crippen molar-refractivity contribution in [3.63, 3.8) is 0 Å². The summed E-state index contributed by atoms with van der Waals surface area (Å²) in [5, 5.41) is 3.61. The highest BCUT2D eigenvalue weighted by atomic mass is 35.5. The van der Waals surface area contributed by atoms with Crippen LogP contribution in [0.1, 0.15) is 40.0 Å². The Morgan fingerprint density at radius 1 is 0.964 bits per heavy atom. The Kier molecular flexibility index (Phi) is 6.47. The van der Waals surface area contributed by atoms with Crippen LogP contribution in [0.4, 0.5) is 11.4 Å². The van der Waals surface area contributed by atoms with Crippen LogP contribution < -0.4 is 10.2 Å². The van der Waals surface area contributed by atoms with E-state index in [0.717, 1.165) is 38.0 Å². The molecule has 2 aromatic carbocycles. The van der Waals surface area contributed by atoms with E-state index in [4.69, 9.17) is 23.2 Å². The van der Waals surface area contributed by atoms with Crippen LogP contribution >= 0.6 is 23.2 Å². The Morgan fingerprint density at radius 2 is 1.61 bits per heavy atom. The van der Waals surface area contributed by atoms with Gasteiger partial charge in [-0.3, -0.25) is 9.59 Å². The SMILES string of the molecule is CN(C)c1ccc(NC(=O)c2cc(Cl)cc(Cl)c2)cc1C(=O)N1CCCCC1. The summed E-state index contributed by atoms with van der Waals surface area (Å²) in [6.07, 6.45) is 3.20. The largest absolute Gasteiger partial charge is 0.377 e. The van der Waals surface area contributed by atoms with Gasteiger partial charge in [-0.15, -0.1) is 0 Å². The van der Waals surface area contributed by atoms with Crippen LogP contribution in [0.25, 0.3) is 0 Å². The van der Waals surface area contributed by atoms with E-state index in [0.29, 0.717) is 26.9 Å². The van der Waals surface area contributed by atoms with Crippen molar-refractivity contribution >= 4 is 46.4 Å². The second-order valence-electron chi connectivity index (χ2n) is 7.09. The van der Waals surface area contributed by atoms with Crippen molar-refractivity contribution in [3.05, 3.63) is 57.6 Å². The summed E-state index contributed by atoms with van der Waals surface area (Å²) in [5.74, 6) is -0.344. The Hall–Kier alpha value is -2.24. The molecule has 0 unspecified atom stereocenters. The van der Waals surface area contributed by atoms with Crippen LogP contribution in [-0.4, -0.2) is 43.9 Å². The van der Waals surface area contributed by atoms with Gasteiger partial charge in [0.2, 0.25) is 0 Å². The van der Waals surface area contributed by atoms with E-state index in [1.165, 1.54) is 0 Å². The van der Waals surface area contributed by atoms with Crippen molar-refractivity contribution in [3.8, 4) is 0 Å². The minimum absolute atomic E-state index is 0.00898. The smallest absolute Gasteiger partial charge is 0.256 e. The number of likely N-dealkylation sites (tertiary alicyclic amines) is 1. The monoisotopic (exact) mass is 419 g/mol. The number of nitrogens with one attached hydrogen (secondary N) is 1. The van der Waals surface area contributed by atoms with Gasteiger partial charge in [-0.25, -0.2) is 0 Å². The first-order valence-electron chi connectivity index (χ1n) is 9.23. The molecule has 1 heterocycles. The molecule has 0 saturated carbocycles. The van der Waals surface area contributed by atoms with Gasteiger partial charge in [-0.1, -0.05) is 23.2 Å². The summed E-state index contributed by atoms with van der Waals surface area (Å²) in [6.45, 7) is 1.53. The summed E-state index contributed by atoms with van der Waals surface area (Å²) >= 11 is 12.0. The molecule has 7 heteroatoms. The predicted octanol–water partition coefficient (Wildman–Crippen LogP) is 4.94. The van der Waals surface area contributed by atoms with Crippen molar-refractivity contribution in [2.45, 2.75) is 19.3 Å². The molecule has 2 amide bonds. The lowest BCUT2D eigenvalue weighted by molar-refractivity contribution is 0.0724. The van der Waals surface area contributed by atoms with Gasteiger partial charge < -0.3 is 15.1 Å². The van der Waals surface area contributed by atoms with E-state index < -0.39 is 0 Å². The number of hydrogen-bond donors (Lipinski definition) is 1. The molecule has 1 fully saturated rings. The highest BCUT2D eigenvalue weighted by molar-refractivity contribution is 6.35. The number of amides is 2. The van der Waals surface area contributed by atoms with Crippen molar-refractivity contribution in [1.82, 2.24) is 4.90 Å². The van der Waals surface area contributed by atoms with Gasteiger partial charge in [0.1, 0.15) is 0 Å². The van der Waals surface area contributed by atoms with Gasteiger partial charge in [0.15, 0.2) is 0 Å². The molecule has 1 saturated heterocycles. The molecule has 148 valence electrons. The van der Waals surface area contributed by atoms with Gasteiger partial charge in [-0.2, -0.15) is 0 Å². The first kappa shape index (κ1) is 20.5. The Balaban J connectivity index is 1.87. The number of carbonyl (C=O) groups excluding carboxylic acids is 2. The number of halogens is 2. The molecule has 2 aromatic rings. The number of piperidine rings is 1. The molecular weight excluding hydrogens is 397 g/mol. The molecule has 5 nitrogen and oxygen atoms in total. The quantitative estimate of drug-likeness (QED) is 0.763. The zero-order valence-corrected chi connectivity index (χ0v) is 17.5. The molecule has 1 N–H and O–H groups in total. The lowest BCUT2D eigenvalue weighted by atomic mass is 10.1. The molecule has 0 spiro atoms. The van der Waals surface area contributed by atoms with Gasteiger partial charge in [0.25, 0.3) is 11.8 Å². The average Bonchev–Trinajstić information content (AvgIpc) is 2.67. The highest BCUT2D eigenvalue weighted by Gasteiger charge is 2.22. The summed E-state index contributed by atoms with van der Waals surface area (Å²) in [5.41, 5.74) is 2.30. The number of benzene rings is 2.